The zero-order valence-corrected chi connectivity index (χ0v) is 15.2. The number of alkyl halides is 6. The molecule has 1 aromatic heterocycles. The van der Waals surface area contributed by atoms with Gasteiger partial charge in [-0.25, -0.2) is 0 Å². The zero-order chi connectivity index (χ0) is 22.1. The van der Waals surface area contributed by atoms with E-state index in [0.29, 0.717) is 12.1 Å². The van der Waals surface area contributed by atoms with E-state index >= 15 is 0 Å². The average Bonchev–Trinajstić information content (AvgIpc) is 2.98. The van der Waals surface area contributed by atoms with Gasteiger partial charge in [0.15, 0.2) is 4.77 Å². The number of imidazole rings is 1. The number of aromatic amines is 1. The van der Waals surface area contributed by atoms with Crippen LogP contribution in [0.25, 0.3) is 0 Å². The number of nitrogens with zero attached hydrogens (tertiary/aromatic N) is 1. The highest BCUT2D eigenvalue weighted by molar-refractivity contribution is 7.71. The lowest BCUT2D eigenvalue weighted by molar-refractivity contribution is -0.143. The summed E-state index contributed by atoms with van der Waals surface area (Å²) >= 11 is 4.94. The van der Waals surface area contributed by atoms with Crippen molar-refractivity contribution in [3.05, 3.63) is 51.6 Å². The fourth-order valence-corrected chi connectivity index (χ4v) is 2.80. The first-order valence-electron chi connectivity index (χ1n) is 7.97. The second-order valence-corrected chi connectivity index (χ2v) is 6.58. The van der Waals surface area contributed by atoms with Crippen molar-refractivity contribution in [3.8, 4) is 0 Å². The highest BCUT2D eigenvalue weighted by atomic mass is 32.1. The fourth-order valence-electron chi connectivity index (χ4n) is 2.56. The Hall–Kier alpha value is -1.93. The number of hydrogen-bond donors (Lipinski definition) is 5. The molecule has 0 unspecified atom stereocenters. The van der Waals surface area contributed by atoms with Crippen molar-refractivity contribution in [1.82, 2.24) is 9.55 Å². The van der Waals surface area contributed by atoms with Gasteiger partial charge in [0, 0.05) is 6.20 Å². The van der Waals surface area contributed by atoms with Crippen LogP contribution in [0.1, 0.15) is 28.5 Å². The Bertz CT molecular complexity index is 908. The molecule has 5 N–H and O–H groups in total. The molecular formula is C16H16F6N2O4S. The number of aliphatic hydroxyl groups is 4. The Morgan fingerprint density at radius 1 is 1.03 bits per heavy atom. The van der Waals surface area contributed by atoms with E-state index < -0.39 is 60.5 Å². The van der Waals surface area contributed by atoms with Crippen LogP contribution in [0.15, 0.2) is 24.4 Å². The summed E-state index contributed by atoms with van der Waals surface area (Å²) in [7, 11) is 0. The maximum Gasteiger partial charge on any atom is 0.416 e. The van der Waals surface area contributed by atoms with Gasteiger partial charge in [-0.05, 0) is 29.9 Å². The van der Waals surface area contributed by atoms with Crippen molar-refractivity contribution in [3.63, 3.8) is 0 Å². The van der Waals surface area contributed by atoms with E-state index in [1.165, 1.54) is 0 Å². The molecule has 0 aliphatic carbocycles. The van der Waals surface area contributed by atoms with Gasteiger partial charge in [-0.3, -0.25) is 0 Å². The number of benzene rings is 1. The monoisotopic (exact) mass is 446 g/mol. The molecule has 2 rings (SSSR count). The van der Waals surface area contributed by atoms with Crippen LogP contribution in [0.2, 0.25) is 0 Å². The van der Waals surface area contributed by atoms with Crippen LogP contribution < -0.4 is 0 Å². The van der Waals surface area contributed by atoms with Gasteiger partial charge in [0.25, 0.3) is 0 Å². The maximum absolute atomic E-state index is 13.3. The summed E-state index contributed by atoms with van der Waals surface area (Å²) in [5.74, 6) is 0. The van der Waals surface area contributed by atoms with Gasteiger partial charge in [-0.2, -0.15) is 26.3 Å². The second kappa shape index (κ2) is 8.44. The molecule has 0 saturated carbocycles. The second-order valence-electron chi connectivity index (χ2n) is 6.20. The van der Waals surface area contributed by atoms with Gasteiger partial charge in [0.05, 0.1) is 30.0 Å². The molecule has 0 saturated heterocycles. The average molecular weight is 446 g/mol. The number of aliphatic hydroxyl groups excluding tert-OH is 4. The SMILES string of the molecule is OC[C@@H](O)[C@H](O)[C@H](O)c1cn(Cc2ccc(C(F)(F)F)cc2C(F)(F)F)c(=S)[nH]1. The predicted octanol–water partition coefficient (Wildman–Crippen LogP) is 2.38. The lowest BCUT2D eigenvalue weighted by atomic mass is 10.0. The third-order valence-electron chi connectivity index (χ3n) is 4.11. The maximum atomic E-state index is 13.3. The zero-order valence-electron chi connectivity index (χ0n) is 14.4. The smallest absolute Gasteiger partial charge is 0.394 e. The van der Waals surface area contributed by atoms with Crippen LogP contribution in [0.5, 0.6) is 0 Å². The molecule has 0 fully saturated rings. The van der Waals surface area contributed by atoms with Crippen molar-refractivity contribution in [2.75, 3.05) is 6.61 Å². The highest BCUT2D eigenvalue weighted by Gasteiger charge is 2.38. The Morgan fingerprint density at radius 2 is 1.66 bits per heavy atom. The lowest BCUT2D eigenvalue weighted by Crippen LogP contribution is -2.34. The summed E-state index contributed by atoms with van der Waals surface area (Å²) in [5, 5.41) is 37.9. The van der Waals surface area contributed by atoms with Crippen LogP contribution in [-0.4, -0.2) is 48.8 Å². The minimum Gasteiger partial charge on any atom is -0.394 e. The van der Waals surface area contributed by atoms with Crippen LogP contribution in [0.3, 0.4) is 0 Å². The molecule has 13 heteroatoms. The Morgan fingerprint density at radius 3 is 2.17 bits per heavy atom. The van der Waals surface area contributed by atoms with Gasteiger partial charge >= 0.3 is 12.4 Å². The third kappa shape index (κ3) is 5.36. The minimum absolute atomic E-state index is 0.00269. The molecule has 0 spiro atoms. The Balaban J connectivity index is 2.40. The normalized spacial score (nSPS) is 15.9. The van der Waals surface area contributed by atoms with Gasteiger partial charge in [0.1, 0.15) is 18.3 Å². The Kier molecular flexibility index (Phi) is 6.79. The number of rotatable bonds is 6. The number of nitrogens with one attached hydrogen (secondary N) is 1. The molecular weight excluding hydrogens is 430 g/mol. The molecule has 0 amide bonds. The number of H-pyrrole nitrogens is 1. The van der Waals surface area contributed by atoms with Crippen LogP contribution in [-0.2, 0) is 18.9 Å². The molecule has 29 heavy (non-hydrogen) atoms. The number of aromatic nitrogens is 2. The number of halogens is 6. The molecule has 162 valence electrons. The molecule has 6 nitrogen and oxygen atoms in total. The minimum atomic E-state index is -5.06. The first-order chi connectivity index (χ1) is 13.3. The van der Waals surface area contributed by atoms with Crippen molar-refractivity contribution in [1.29, 1.82) is 0 Å². The first-order valence-corrected chi connectivity index (χ1v) is 8.38. The molecule has 0 bridgehead atoms. The van der Waals surface area contributed by atoms with Gasteiger partial charge in [0.2, 0.25) is 0 Å². The summed E-state index contributed by atoms with van der Waals surface area (Å²) in [6, 6.07) is 1.20. The van der Waals surface area contributed by atoms with E-state index in [4.69, 9.17) is 17.3 Å². The summed E-state index contributed by atoms with van der Waals surface area (Å²) in [5.41, 5.74) is -3.62. The summed E-state index contributed by atoms with van der Waals surface area (Å²) in [6.07, 6.45) is -14.2. The van der Waals surface area contributed by atoms with E-state index in [2.05, 4.69) is 4.98 Å². The van der Waals surface area contributed by atoms with Crippen molar-refractivity contribution in [2.45, 2.75) is 37.2 Å². The molecule has 1 heterocycles. The van der Waals surface area contributed by atoms with Crippen molar-refractivity contribution in [2.24, 2.45) is 0 Å². The van der Waals surface area contributed by atoms with Crippen molar-refractivity contribution >= 4 is 12.2 Å². The Labute approximate surface area is 164 Å². The van der Waals surface area contributed by atoms with E-state index in [9.17, 15) is 41.7 Å². The molecule has 0 aliphatic heterocycles. The lowest BCUT2D eigenvalue weighted by Gasteiger charge is -2.20. The van der Waals surface area contributed by atoms with Crippen LogP contribution in [0, 0.1) is 4.77 Å². The van der Waals surface area contributed by atoms with E-state index in [1.807, 2.05) is 0 Å². The first kappa shape index (κ1) is 23.3. The highest BCUT2D eigenvalue weighted by Crippen LogP contribution is 2.37. The van der Waals surface area contributed by atoms with Crippen LogP contribution in [0.4, 0.5) is 26.3 Å². The largest absolute Gasteiger partial charge is 0.416 e. The summed E-state index contributed by atoms with van der Waals surface area (Å²) in [6.45, 7) is -1.44. The van der Waals surface area contributed by atoms with E-state index in [1.54, 1.807) is 0 Å². The molecule has 3 atom stereocenters. The molecule has 0 radical (unpaired) electrons. The quantitative estimate of drug-likeness (QED) is 0.347. The van der Waals surface area contributed by atoms with Gasteiger partial charge in [-0.15, -0.1) is 0 Å². The molecule has 2 aromatic rings. The van der Waals surface area contributed by atoms with Gasteiger partial charge in [-0.1, -0.05) is 6.07 Å². The van der Waals surface area contributed by atoms with Crippen LogP contribution >= 0.6 is 12.2 Å². The standard InChI is InChI=1S/C16H16F6N2O4S/c17-15(18,19)8-2-1-7(9(3-8)16(20,21)22)4-24-5-10(23-14(24)29)12(27)13(28)11(26)6-25/h1-3,5,11-13,25-28H,4,6H2,(H,23,29)/t11-,12-,13+/m1/s1. The third-order valence-corrected chi connectivity index (χ3v) is 4.45. The summed E-state index contributed by atoms with van der Waals surface area (Å²) in [4.78, 5) is 2.43. The molecule has 0 aliphatic rings. The van der Waals surface area contributed by atoms with E-state index in [-0.39, 0.29) is 16.5 Å². The predicted molar refractivity (Wildman–Crippen MR) is 89.2 cm³/mol. The van der Waals surface area contributed by atoms with Gasteiger partial charge < -0.3 is 30.0 Å². The summed E-state index contributed by atoms with van der Waals surface area (Å²) < 4.78 is 78.9. The molecule has 1 aromatic carbocycles. The number of hydrogen-bond acceptors (Lipinski definition) is 5. The fraction of sp³-hybridized carbons (Fsp3) is 0.438. The van der Waals surface area contributed by atoms with E-state index in [0.717, 1.165) is 10.8 Å². The topological polar surface area (TPSA) is 102 Å². The van der Waals surface area contributed by atoms with Crippen molar-refractivity contribution < 1.29 is 46.8 Å².